The summed E-state index contributed by atoms with van der Waals surface area (Å²) in [6.07, 6.45) is 0. The van der Waals surface area contributed by atoms with Crippen LogP contribution in [0.3, 0.4) is 0 Å². The van der Waals surface area contributed by atoms with Crippen LogP contribution in [0.2, 0.25) is 0 Å². The molecular weight excluding hydrogens is 160 g/mol. The summed E-state index contributed by atoms with van der Waals surface area (Å²) in [5, 5.41) is 0. The van der Waals surface area contributed by atoms with Crippen molar-refractivity contribution >= 4 is 21.1 Å². The lowest BCUT2D eigenvalue weighted by molar-refractivity contribution is 0.143. The second-order valence-electron chi connectivity index (χ2n) is 1.32. The molecule has 0 aliphatic rings. The fourth-order valence-electron chi connectivity index (χ4n) is 0.373. The van der Waals surface area contributed by atoms with E-state index >= 15 is 0 Å². The van der Waals surface area contributed by atoms with Gasteiger partial charge in [0.1, 0.15) is 0 Å². The summed E-state index contributed by atoms with van der Waals surface area (Å²) in [6, 6.07) is 0. The van der Waals surface area contributed by atoms with Gasteiger partial charge in [-0.05, 0) is 0 Å². The van der Waals surface area contributed by atoms with Crippen molar-refractivity contribution in [2.24, 2.45) is 0 Å². The molecule has 0 aliphatic carbocycles. The van der Waals surface area contributed by atoms with Gasteiger partial charge in [-0.25, -0.2) is 0 Å². The first-order valence-corrected chi connectivity index (χ1v) is 4.53. The van der Waals surface area contributed by atoms with E-state index in [9.17, 15) is 0 Å². The van der Waals surface area contributed by atoms with Crippen LogP contribution in [0.5, 0.6) is 0 Å². The Morgan fingerprint density at radius 3 is 2.22 bits per heavy atom. The molecule has 5 heteroatoms. The van der Waals surface area contributed by atoms with Crippen LogP contribution < -0.4 is 0 Å². The van der Waals surface area contributed by atoms with Gasteiger partial charge in [0.25, 0.3) is 0 Å². The Bertz CT molecular complexity index is 59.8. The van der Waals surface area contributed by atoms with Crippen LogP contribution in [0.4, 0.5) is 0 Å². The number of rotatable bonds is 5. The highest BCUT2D eigenvalue weighted by Crippen LogP contribution is 1.87. The molecule has 0 aromatic rings. The summed E-state index contributed by atoms with van der Waals surface area (Å²) in [5.41, 5.74) is 0. The molecule has 0 aromatic carbocycles. The molecule has 0 saturated carbocycles. The Morgan fingerprint density at radius 2 is 1.89 bits per heavy atom. The molecule has 0 saturated heterocycles. The normalized spacial score (nSPS) is 10.7. The van der Waals surface area contributed by atoms with Gasteiger partial charge in [-0.15, -0.1) is 11.6 Å². The van der Waals surface area contributed by atoms with E-state index in [4.69, 9.17) is 24.9 Å². The van der Waals surface area contributed by atoms with Crippen molar-refractivity contribution in [2.75, 3.05) is 26.7 Å². The van der Waals surface area contributed by atoms with Gasteiger partial charge in [0.2, 0.25) is 0 Å². The van der Waals surface area contributed by atoms with Crippen LogP contribution in [0, 0.1) is 0 Å². The molecule has 0 amide bonds. The van der Waals surface area contributed by atoms with Crippen molar-refractivity contribution in [3.63, 3.8) is 0 Å². The minimum Gasteiger partial charge on any atom is -0.379 e. The first kappa shape index (κ1) is 9.39. The van der Waals surface area contributed by atoms with Crippen LogP contribution in [-0.4, -0.2) is 36.2 Å². The molecule has 0 radical (unpaired) electrons. The van der Waals surface area contributed by atoms with Gasteiger partial charge in [-0.1, -0.05) is 0 Å². The second-order valence-corrected chi connectivity index (χ2v) is 3.55. The van der Waals surface area contributed by atoms with E-state index in [0.717, 1.165) is 0 Å². The number of halogens is 1. The molecule has 9 heavy (non-hydrogen) atoms. The van der Waals surface area contributed by atoms with E-state index in [1.165, 1.54) is 0 Å². The van der Waals surface area contributed by atoms with Crippen LogP contribution in [0.15, 0.2) is 0 Å². The van der Waals surface area contributed by atoms with Gasteiger partial charge in [0.05, 0.1) is 6.61 Å². The Labute approximate surface area is 61.8 Å². The molecule has 0 aromatic heterocycles. The summed E-state index contributed by atoms with van der Waals surface area (Å²) < 4.78 is 14.7. The summed E-state index contributed by atoms with van der Waals surface area (Å²) in [5.74, 6) is 0.482. The molecule has 0 atom stereocenters. The van der Waals surface area contributed by atoms with Crippen molar-refractivity contribution in [3.8, 4) is 0 Å². The predicted molar refractivity (Wildman–Crippen MR) is 37.8 cm³/mol. The van der Waals surface area contributed by atoms with Gasteiger partial charge < -0.3 is 13.3 Å². The molecule has 0 aliphatic heterocycles. The monoisotopic (exact) mass is 170 g/mol. The maximum Gasteiger partial charge on any atom is 0.483 e. The van der Waals surface area contributed by atoms with Crippen LogP contribution in [0.25, 0.3) is 0 Å². The van der Waals surface area contributed by atoms with Crippen LogP contribution in [-0.2, 0) is 13.3 Å². The van der Waals surface area contributed by atoms with Gasteiger partial charge in [-0.2, -0.15) is 0 Å². The van der Waals surface area contributed by atoms with E-state index in [-0.39, 0.29) is 0 Å². The van der Waals surface area contributed by atoms with Crippen molar-refractivity contribution in [3.05, 3.63) is 0 Å². The van der Waals surface area contributed by atoms with Gasteiger partial charge in [0.15, 0.2) is 0 Å². The first-order chi connectivity index (χ1) is 4.35. The van der Waals surface area contributed by atoms with Crippen molar-refractivity contribution in [2.45, 2.75) is 0 Å². The molecule has 0 unspecified atom stereocenters. The maximum atomic E-state index is 5.35. The molecule has 0 fully saturated rings. The zero-order chi connectivity index (χ0) is 7.11. The summed E-state index contributed by atoms with van der Waals surface area (Å²) in [4.78, 5) is 0. The molecule has 0 bridgehead atoms. The van der Waals surface area contributed by atoms with E-state index < -0.39 is 9.53 Å². The van der Waals surface area contributed by atoms with E-state index in [1.807, 2.05) is 0 Å². The number of hydrogen-bond donors (Lipinski definition) is 0. The topological polar surface area (TPSA) is 27.7 Å². The number of hydrogen-bond acceptors (Lipinski definition) is 3. The zero-order valence-electron chi connectivity index (χ0n) is 5.59. The standard InChI is InChI=1S/C4H11ClO3Si/c1-6-9(7-2)8-4-3-5/h9H,3-4H2,1-2H3. The third-order valence-electron chi connectivity index (χ3n) is 0.716. The molecule has 0 N–H and O–H groups in total. The van der Waals surface area contributed by atoms with Crippen LogP contribution >= 0.6 is 11.6 Å². The van der Waals surface area contributed by atoms with Gasteiger partial charge >= 0.3 is 9.53 Å². The fourth-order valence-corrected chi connectivity index (χ4v) is 1.39. The highest BCUT2D eigenvalue weighted by Gasteiger charge is 2.08. The van der Waals surface area contributed by atoms with Gasteiger partial charge in [-0.3, -0.25) is 0 Å². The lowest BCUT2D eigenvalue weighted by atomic mass is 10.9. The minimum atomic E-state index is -1.79. The third kappa shape index (κ3) is 4.86. The summed E-state index contributed by atoms with van der Waals surface area (Å²) >= 11 is 5.35. The second kappa shape index (κ2) is 6.51. The average Bonchev–Trinajstić information content (AvgIpc) is 1.91. The highest BCUT2D eigenvalue weighted by molar-refractivity contribution is 6.36. The lowest BCUT2D eigenvalue weighted by Crippen LogP contribution is -2.24. The molecule has 0 heterocycles. The van der Waals surface area contributed by atoms with Crippen molar-refractivity contribution in [1.29, 1.82) is 0 Å². The third-order valence-corrected chi connectivity index (χ3v) is 2.15. The Balaban J connectivity index is 3.09. The Morgan fingerprint density at radius 1 is 1.33 bits per heavy atom. The Hall–Kier alpha value is 0.387. The molecule has 3 nitrogen and oxygen atoms in total. The Kier molecular flexibility index (Phi) is 6.79. The van der Waals surface area contributed by atoms with E-state index in [0.29, 0.717) is 12.5 Å². The largest absolute Gasteiger partial charge is 0.483 e. The first-order valence-electron chi connectivity index (χ1n) is 2.58. The average molecular weight is 171 g/mol. The molecule has 0 spiro atoms. The minimum absolute atomic E-state index is 0.482. The fraction of sp³-hybridized carbons (Fsp3) is 1.00. The maximum absolute atomic E-state index is 5.35. The number of alkyl halides is 1. The van der Waals surface area contributed by atoms with E-state index in [1.54, 1.807) is 14.2 Å². The summed E-state index contributed by atoms with van der Waals surface area (Å²) in [7, 11) is 1.33. The van der Waals surface area contributed by atoms with Crippen molar-refractivity contribution in [1.82, 2.24) is 0 Å². The quantitative estimate of drug-likeness (QED) is 0.438. The SMILES string of the molecule is CO[SiH](OC)OCCCl. The molecule has 56 valence electrons. The zero-order valence-corrected chi connectivity index (χ0v) is 7.50. The molecule has 0 rings (SSSR count). The van der Waals surface area contributed by atoms with Crippen LogP contribution in [0.1, 0.15) is 0 Å². The summed E-state index contributed by atoms with van der Waals surface area (Å²) in [6.45, 7) is 0.500. The lowest BCUT2D eigenvalue weighted by Gasteiger charge is -2.09. The van der Waals surface area contributed by atoms with E-state index in [2.05, 4.69) is 0 Å². The molecular formula is C4H11ClO3Si. The van der Waals surface area contributed by atoms with Gasteiger partial charge in [0, 0.05) is 20.1 Å². The smallest absolute Gasteiger partial charge is 0.379 e. The highest BCUT2D eigenvalue weighted by atomic mass is 35.5. The van der Waals surface area contributed by atoms with Crippen molar-refractivity contribution < 1.29 is 13.3 Å². The predicted octanol–water partition coefficient (Wildman–Crippen LogP) is 0.252.